The average Bonchev–Trinajstić information content (AvgIpc) is 2.50. The third-order valence-corrected chi connectivity index (χ3v) is 3.54. The molecule has 0 saturated heterocycles. The van der Waals surface area contributed by atoms with Gasteiger partial charge in [-0.25, -0.2) is 4.98 Å². The summed E-state index contributed by atoms with van der Waals surface area (Å²) in [6, 6.07) is 8.39. The topological polar surface area (TPSA) is 69.4 Å². The molecule has 0 amide bonds. The Labute approximate surface area is 130 Å². The van der Waals surface area contributed by atoms with Gasteiger partial charge in [-0.2, -0.15) is 0 Å². The molecule has 0 unspecified atom stereocenters. The molecule has 0 bridgehead atoms. The molecule has 0 fully saturated rings. The van der Waals surface area contributed by atoms with Crippen LogP contribution in [-0.2, 0) is 16.0 Å². The number of hydrogen-bond acceptors (Lipinski definition) is 5. The predicted molar refractivity (Wildman–Crippen MR) is 83.1 cm³/mol. The molecule has 6 heteroatoms. The summed E-state index contributed by atoms with van der Waals surface area (Å²) in [4.78, 5) is 28.2. The Morgan fingerprint density at radius 1 is 1.32 bits per heavy atom. The smallest absolute Gasteiger partial charge is 0.311 e. The Bertz CT molecular complexity index is 932. The van der Waals surface area contributed by atoms with Crippen LogP contribution in [-0.4, -0.2) is 17.6 Å². The van der Waals surface area contributed by atoms with Gasteiger partial charge in [-0.3, -0.25) is 9.59 Å². The predicted octanol–water partition coefficient (Wildman–Crippen LogP) is 3.10. The van der Waals surface area contributed by atoms with Gasteiger partial charge in [0.15, 0.2) is 0 Å². The second kappa shape index (κ2) is 5.77. The summed E-state index contributed by atoms with van der Waals surface area (Å²) in [7, 11) is 0. The molecule has 0 aliphatic rings. The van der Waals surface area contributed by atoms with E-state index < -0.39 is 5.97 Å². The average molecular weight is 318 g/mol. The zero-order chi connectivity index (χ0) is 15.7. The fourth-order valence-electron chi connectivity index (χ4n) is 2.21. The fourth-order valence-corrected chi connectivity index (χ4v) is 2.43. The Balaban J connectivity index is 2.18. The van der Waals surface area contributed by atoms with Crippen LogP contribution in [0, 0.1) is 0 Å². The largest absolute Gasteiger partial charge is 0.466 e. The summed E-state index contributed by atoms with van der Waals surface area (Å²) < 4.78 is 10.5. The van der Waals surface area contributed by atoms with E-state index in [4.69, 9.17) is 20.8 Å². The number of carbonyl (C=O) groups excluding carboxylic acids is 1. The van der Waals surface area contributed by atoms with E-state index in [1.54, 1.807) is 31.2 Å². The summed E-state index contributed by atoms with van der Waals surface area (Å²) in [5.41, 5.74) is 0.726. The molecule has 2 heterocycles. The van der Waals surface area contributed by atoms with Crippen LogP contribution in [0.4, 0.5) is 0 Å². The van der Waals surface area contributed by atoms with Gasteiger partial charge in [0.25, 0.3) is 0 Å². The number of ether oxygens (including phenoxy) is 1. The molecule has 0 saturated carbocycles. The van der Waals surface area contributed by atoms with Gasteiger partial charge in [0.05, 0.1) is 34.5 Å². The number of esters is 1. The van der Waals surface area contributed by atoms with Crippen molar-refractivity contribution >= 4 is 39.6 Å². The number of pyridine rings is 1. The van der Waals surface area contributed by atoms with E-state index in [2.05, 4.69) is 4.98 Å². The molecule has 0 N–H and O–H groups in total. The van der Waals surface area contributed by atoms with E-state index in [1.165, 1.54) is 6.07 Å². The number of fused-ring (bicyclic) bond motifs is 2. The summed E-state index contributed by atoms with van der Waals surface area (Å²) in [5.74, 6) is -0.431. The maximum Gasteiger partial charge on any atom is 0.311 e. The van der Waals surface area contributed by atoms with Crippen molar-refractivity contribution < 1.29 is 13.9 Å². The molecular weight excluding hydrogens is 306 g/mol. The number of rotatable bonds is 3. The van der Waals surface area contributed by atoms with Crippen LogP contribution in [0.2, 0.25) is 5.02 Å². The van der Waals surface area contributed by atoms with Gasteiger partial charge in [0.2, 0.25) is 11.1 Å². The molecular formula is C16H12ClNO4. The first-order valence-electron chi connectivity index (χ1n) is 6.76. The Morgan fingerprint density at radius 2 is 2.09 bits per heavy atom. The standard InChI is InChI=1S/C16H12ClNO4/c1-2-21-14(19)8-12-11(17)7-10-15(20)9-5-3-4-6-13(9)22-16(10)18-12/h3-7H,2,8H2,1H3. The van der Waals surface area contributed by atoms with E-state index in [0.29, 0.717) is 16.7 Å². The summed E-state index contributed by atoms with van der Waals surface area (Å²) >= 11 is 6.12. The molecule has 112 valence electrons. The van der Waals surface area contributed by atoms with Gasteiger partial charge in [-0.1, -0.05) is 23.7 Å². The molecule has 0 aliphatic carbocycles. The van der Waals surface area contributed by atoms with Gasteiger partial charge in [-0.05, 0) is 25.1 Å². The van der Waals surface area contributed by atoms with Crippen molar-refractivity contribution in [1.29, 1.82) is 0 Å². The van der Waals surface area contributed by atoms with Gasteiger partial charge in [0.1, 0.15) is 5.58 Å². The lowest BCUT2D eigenvalue weighted by Gasteiger charge is -2.06. The number of aromatic nitrogens is 1. The molecule has 2 aromatic heterocycles. The molecule has 0 spiro atoms. The van der Waals surface area contributed by atoms with Gasteiger partial charge in [-0.15, -0.1) is 0 Å². The minimum Gasteiger partial charge on any atom is -0.466 e. The van der Waals surface area contributed by atoms with Gasteiger partial charge < -0.3 is 9.15 Å². The molecule has 1 aromatic carbocycles. The normalized spacial score (nSPS) is 11.0. The summed E-state index contributed by atoms with van der Waals surface area (Å²) in [6.07, 6.45) is -0.0703. The van der Waals surface area contributed by atoms with E-state index in [0.717, 1.165) is 0 Å². The fraction of sp³-hybridized carbons (Fsp3) is 0.188. The van der Waals surface area contributed by atoms with Crippen molar-refractivity contribution in [2.75, 3.05) is 6.61 Å². The molecule has 22 heavy (non-hydrogen) atoms. The number of benzene rings is 1. The minimum atomic E-state index is -0.431. The van der Waals surface area contributed by atoms with Crippen LogP contribution >= 0.6 is 11.6 Å². The SMILES string of the molecule is CCOC(=O)Cc1nc2oc3ccccc3c(=O)c2cc1Cl. The zero-order valence-electron chi connectivity index (χ0n) is 11.8. The summed E-state index contributed by atoms with van der Waals surface area (Å²) in [6.45, 7) is 2.00. The molecule has 0 atom stereocenters. The number of nitrogens with zero attached hydrogens (tertiary/aromatic N) is 1. The van der Waals surface area contributed by atoms with Crippen LogP contribution in [0.3, 0.4) is 0 Å². The summed E-state index contributed by atoms with van der Waals surface area (Å²) in [5, 5.41) is 0.991. The second-order valence-electron chi connectivity index (χ2n) is 4.68. The first kappa shape index (κ1) is 14.5. The third-order valence-electron chi connectivity index (χ3n) is 3.21. The van der Waals surface area contributed by atoms with Gasteiger partial charge >= 0.3 is 5.97 Å². The van der Waals surface area contributed by atoms with E-state index in [-0.39, 0.29) is 34.6 Å². The molecule has 0 aliphatic heterocycles. The first-order chi connectivity index (χ1) is 10.6. The first-order valence-corrected chi connectivity index (χ1v) is 7.14. The van der Waals surface area contributed by atoms with Crippen molar-refractivity contribution in [3.05, 3.63) is 51.3 Å². The highest BCUT2D eigenvalue weighted by molar-refractivity contribution is 6.32. The van der Waals surface area contributed by atoms with Crippen LogP contribution in [0.15, 0.2) is 39.5 Å². The second-order valence-corrected chi connectivity index (χ2v) is 5.09. The van der Waals surface area contributed by atoms with Crippen molar-refractivity contribution in [1.82, 2.24) is 4.98 Å². The molecule has 3 rings (SSSR count). The number of hydrogen-bond donors (Lipinski definition) is 0. The third kappa shape index (κ3) is 2.55. The van der Waals surface area contributed by atoms with Crippen LogP contribution < -0.4 is 5.43 Å². The Morgan fingerprint density at radius 3 is 2.86 bits per heavy atom. The van der Waals surface area contributed by atoms with E-state index in [1.807, 2.05) is 0 Å². The lowest BCUT2D eigenvalue weighted by molar-refractivity contribution is -0.142. The quantitative estimate of drug-likeness (QED) is 0.548. The highest BCUT2D eigenvalue weighted by Crippen LogP contribution is 2.23. The van der Waals surface area contributed by atoms with E-state index >= 15 is 0 Å². The van der Waals surface area contributed by atoms with E-state index in [9.17, 15) is 9.59 Å². The van der Waals surface area contributed by atoms with Crippen molar-refractivity contribution in [3.63, 3.8) is 0 Å². The number of carbonyl (C=O) groups is 1. The molecule has 3 aromatic rings. The maximum absolute atomic E-state index is 12.4. The minimum absolute atomic E-state index is 0.0703. The van der Waals surface area contributed by atoms with Crippen molar-refractivity contribution in [2.45, 2.75) is 13.3 Å². The van der Waals surface area contributed by atoms with Crippen molar-refractivity contribution in [3.8, 4) is 0 Å². The van der Waals surface area contributed by atoms with Crippen molar-refractivity contribution in [2.24, 2.45) is 0 Å². The van der Waals surface area contributed by atoms with Crippen LogP contribution in [0.5, 0.6) is 0 Å². The number of halogens is 1. The Kier molecular flexibility index (Phi) is 3.81. The lowest BCUT2D eigenvalue weighted by Crippen LogP contribution is -2.10. The van der Waals surface area contributed by atoms with Crippen LogP contribution in [0.1, 0.15) is 12.6 Å². The maximum atomic E-state index is 12.4. The highest BCUT2D eigenvalue weighted by Gasteiger charge is 2.15. The number of para-hydroxylation sites is 1. The lowest BCUT2D eigenvalue weighted by atomic mass is 10.1. The molecule has 5 nitrogen and oxygen atoms in total. The Hall–Kier alpha value is -2.40. The zero-order valence-corrected chi connectivity index (χ0v) is 12.5. The monoisotopic (exact) mass is 317 g/mol. The van der Waals surface area contributed by atoms with Crippen LogP contribution in [0.25, 0.3) is 22.1 Å². The highest BCUT2D eigenvalue weighted by atomic mass is 35.5. The van der Waals surface area contributed by atoms with Gasteiger partial charge in [0, 0.05) is 0 Å². The molecule has 0 radical (unpaired) electrons.